The number of nitrogens with one attached hydrogen (secondary N) is 1. The van der Waals surface area contributed by atoms with Crippen LogP contribution in [-0.4, -0.2) is 54.8 Å². The number of hydrogen-bond donors (Lipinski definition) is 2. The van der Waals surface area contributed by atoms with Gasteiger partial charge in [0.05, 0.1) is 11.9 Å². The lowest BCUT2D eigenvalue weighted by Gasteiger charge is -2.18. The van der Waals surface area contributed by atoms with Crippen LogP contribution in [-0.2, 0) is 6.54 Å². The summed E-state index contributed by atoms with van der Waals surface area (Å²) in [5.74, 6) is -3.51. The first-order valence-corrected chi connectivity index (χ1v) is 9.84. The lowest BCUT2D eigenvalue weighted by atomic mass is 10.2. The molecule has 0 aliphatic carbocycles. The number of carbonyl (C=O) groups is 2. The van der Waals surface area contributed by atoms with Crippen LogP contribution in [0.4, 0.5) is 14.5 Å². The highest BCUT2D eigenvalue weighted by Crippen LogP contribution is 2.33. The van der Waals surface area contributed by atoms with Gasteiger partial charge in [-0.1, -0.05) is 0 Å². The number of rotatable bonds is 5. The number of halogens is 2. The van der Waals surface area contributed by atoms with Gasteiger partial charge in [0.2, 0.25) is 5.76 Å². The van der Waals surface area contributed by atoms with E-state index >= 15 is 0 Å². The van der Waals surface area contributed by atoms with E-state index in [1.807, 2.05) is 0 Å². The van der Waals surface area contributed by atoms with Gasteiger partial charge in [-0.05, 0) is 44.8 Å². The van der Waals surface area contributed by atoms with Crippen molar-refractivity contribution in [2.75, 3.05) is 38.5 Å². The maximum atomic E-state index is 14.0. The number of likely N-dealkylation sites (N-methyl/N-ethyl adjacent to an activating group) is 1. The van der Waals surface area contributed by atoms with Crippen LogP contribution in [0.3, 0.4) is 0 Å². The average molecular weight is 432 g/mol. The highest BCUT2D eigenvalue weighted by atomic mass is 19.1. The fourth-order valence-electron chi connectivity index (χ4n) is 3.66. The molecule has 1 aliphatic heterocycles. The molecule has 0 spiro atoms. The summed E-state index contributed by atoms with van der Waals surface area (Å²) in [4.78, 5) is 28.9. The van der Waals surface area contributed by atoms with Crippen LogP contribution < -0.4 is 11.1 Å². The summed E-state index contributed by atoms with van der Waals surface area (Å²) in [6.07, 6.45) is 1.04. The van der Waals surface area contributed by atoms with Crippen molar-refractivity contribution in [1.29, 1.82) is 0 Å². The maximum Gasteiger partial charge on any atom is 0.291 e. The summed E-state index contributed by atoms with van der Waals surface area (Å²) in [5.41, 5.74) is 4.69. The minimum Gasteiger partial charge on any atom is -0.455 e. The van der Waals surface area contributed by atoms with E-state index in [0.717, 1.165) is 38.7 Å². The third-order valence-electron chi connectivity index (χ3n) is 5.25. The van der Waals surface area contributed by atoms with E-state index in [9.17, 15) is 18.4 Å². The minimum atomic E-state index is -1.03. The molecular formula is C21H22F2N4O4. The molecule has 1 aliphatic rings. The van der Waals surface area contributed by atoms with Crippen molar-refractivity contribution in [3.63, 3.8) is 0 Å². The van der Waals surface area contributed by atoms with Gasteiger partial charge in [0.15, 0.2) is 17.2 Å². The summed E-state index contributed by atoms with van der Waals surface area (Å²) < 4.78 is 38.5. The standard InChI is InChI=1S/C21H22F2N4O4/c1-26-5-2-6-27(8-7-26)11-13-3-4-16(30-13)21(29)25-17-14-9-12(22)10-15(23)18(14)31-19(17)20(24)28/h3-4,9-10H,2,5-8,11H2,1H3,(H2,24,28)(H,25,29). The summed E-state index contributed by atoms with van der Waals surface area (Å²) in [6.45, 7) is 4.35. The van der Waals surface area contributed by atoms with Crippen molar-refractivity contribution in [3.8, 4) is 0 Å². The Morgan fingerprint density at radius 3 is 2.71 bits per heavy atom. The first-order valence-electron chi connectivity index (χ1n) is 9.84. The molecule has 0 bridgehead atoms. The topological polar surface area (TPSA) is 105 Å². The van der Waals surface area contributed by atoms with Gasteiger partial charge in [0.25, 0.3) is 11.8 Å². The molecule has 31 heavy (non-hydrogen) atoms. The molecule has 10 heteroatoms. The van der Waals surface area contributed by atoms with Crippen molar-refractivity contribution in [2.24, 2.45) is 5.73 Å². The molecule has 8 nitrogen and oxygen atoms in total. The highest BCUT2D eigenvalue weighted by Gasteiger charge is 2.25. The molecule has 0 radical (unpaired) electrons. The number of furan rings is 2. The van der Waals surface area contributed by atoms with Gasteiger partial charge in [-0.3, -0.25) is 14.5 Å². The van der Waals surface area contributed by atoms with Gasteiger partial charge in [-0.25, -0.2) is 8.78 Å². The first-order chi connectivity index (χ1) is 14.8. The van der Waals surface area contributed by atoms with E-state index in [4.69, 9.17) is 14.6 Å². The zero-order valence-corrected chi connectivity index (χ0v) is 16.9. The molecule has 0 unspecified atom stereocenters. The second-order valence-corrected chi connectivity index (χ2v) is 7.59. The fourth-order valence-corrected chi connectivity index (χ4v) is 3.66. The van der Waals surface area contributed by atoms with Gasteiger partial charge in [-0.15, -0.1) is 0 Å². The Hall–Kier alpha value is -3.24. The van der Waals surface area contributed by atoms with Crippen LogP contribution in [0.5, 0.6) is 0 Å². The molecule has 1 aromatic carbocycles. The number of carbonyl (C=O) groups excluding carboxylic acids is 2. The maximum absolute atomic E-state index is 14.0. The first kappa shape index (κ1) is 21.0. The number of amides is 2. The summed E-state index contributed by atoms with van der Waals surface area (Å²) in [7, 11) is 2.08. The zero-order valence-electron chi connectivity index (χ0n) is 16.9. The Balaban J connectivity index is 1.54. The minimum absolute atomic E-state index is 0.0106. The number of benzene rings is 1. The Morgan fingerprint density at radius 1 is 1.13 bits per heavy atom. The Labute approximate surface area is 176 Å². The number of hydrogen-bond acceptors (Lipinski definition) is 6. The van der Waals surface area contributed by atoms with Crippen molar-refractivity contribution in [2.45, 2.75) is 13.0 Å². The molecule has 3 aromatic rings. The molecule has 1 fully saturated rings. The van der Waals surface area contributed by atoms with E-state index in [0.29, 0.717) is 18.4 Å². The Morgan fingerprint density at radius 2 is 1.94 bits per heavy atom. The van der Waals surface area contributed by atoms with Crippen LogP contribution in [0, 0.1) is 11.6 Å². The second kappa shape index (κ2) is 8.48. The Kier molecular flexibility index (Phi) is 5.75. The number of fused-ring (bicyclic) bond motifs is 1. The van der Waals surface area contributed by atoms with Crippen LogP contribution in [0.25, 0.3) is 11.0 Å². The summed E-state index contributed by atoms with van der Waals surface area (Å²) in [6, 6.07) is 4.77. The highest BCUT2D eigenvalue weighted by molar-refractivity contribution is 6.13. The Bertz CT molecular complexity index is 1140. The second-order valence-electron chi connectivity index (χ2n) is 7.59. The largest absolute Gasteiger partial charge is 0.455 e. The predicted octanol–water partition coefficient (Wildman–Crippen LogP) is 2.79. The van der Waals surface area contributed by atoms with Gasteiger partial charge in [0.1, 0.15) is 17.3 Å². The molecule has 0 atom stereocenters. The van der Waals surface area contributed by atoms with Crippen LogP contribution in [0.15, 0.2) is 33.1 Å². The van der Waals surface area contributed by atoms with Crippen LogP contribution in [0.1, 0.15) is 33.3 Å². The monoisotopic (exact) mass is 432 g/mol. The number of nitrogens with zero attached hydrogens (tertiary/aromatic N) is 2. The van der Waals surface area contributed by atoms with Crippen molar-refractivity contribution in [1.82, 2.24) is 9.80 Å². The molecule has 3 heterocycles. The van der Waals surface area contributed by atoms with E-state index in [2.05, 4.69) is 22.2 Å². The third-order valence-corrected chi connectivity index (χ3v) is 5.25. The smallest absolute Gasteiger partial charge is 0.291 e. The number of anilines is 1. The van der Waals surface area contributed by atoms with E-state index < -0.39 is 29.2 Å². The SMILES string of the molecule is CN1CCCN(Cc2ccc(C(=O)Nc3c(C(N)=O)oc4c(F)cc(F)cc34)o2)CC1. The fraction of sp³-hybridized carbons (Fsp3) is 0.333. The molecule has 1 saturated heterocycles. The predicted molar refractivity (Wildman–Crippen MR) is 109 cm³/mol. The van der Waals surface area contributed by atoms with Gasteiger partial charge in [-0.2, -0.15) is 0 Å². The lowest BCUT2D eigenvalue weighted by Crippen LogP contribution is -2.28. The van der Waals surface area contributed by atoms with Crippen molar-refractivity contribution < 1.29 is 27.2 Å². The third kappa shape index (κ3) is 4.44. The van der Waals surface area contributed by atoms with Crippen LogP contribution >= 0.6 is 0 Å². The van der Waals surface area contributed by atoms with Crippen molar-refractivity contribution >= 4 is 28.5 Å². The molecule has 2 aromatic heterocycles. The zero-order chi connectivity index (χ0) is 22.1. The number of primary amides is 1. The molecule has 0 saturated carbocycles. The van der Waals surface area contributed by atoms with E-state index in [1.165, 1.54) is 6.07 Å². The molecular weight excluding hydrogens is 410 g/mol. The molecule has 4 rings (SSSR count). The van der Waals surface area contributed by atoms with Gasteiger partial charge in [0, 0.05) is 19.2 Å². The van der Waals surface area contributed by atoms with E-state index in [-0.39, 0.29) is 22.4 Å². The molecule has 164 valence electrons. The summed E-state index contributed by atoms with van der Waals surface area (Å²) in [5, 5.41) is 2.33. The van der Waals surface area contributed by atoms with Crippen LogP contribution in [0.2, 0.25) is 0 Å². The quantitative estimate of drug-likeness (QED) is 0.643. The number of nitrogens with two attached hydrogens (primary N) is 1. The van der Waals surface area contributed by atoms with Gasteiger partial charge >= 0.3 is 0 Å². The van der Waals surface area contributed by atoms with Gasteiger partial charge < -0.3 is 24.8 Å². The molecule has 3 N–H and O–H groups in total. The van der Waals surface area contributed by atoms with Crippen molar-refractivity contribution in [3.05, 3.63) is 53.2 Å². The average Bonchev–Trinajstić information content (AvgIpc) is 3.25. The van der Waals surface area contributed by atoms with E-state index in [1.54, 1.807) is 6.07 Å². The normalized spacial score (nSPS) is 15.8. The lowest BCUT2D eigenvalue weighted by molar-refractivity contribution is 0.0976. The molecule has 2 amide bonds. The summed E-state index contributed by atoms with van der Waals surface area (Å²) >= 11 is 0.